The van der Waals surface area contributed by atoms with Gasteiger partial charge in [-0.2, -0.15) is 0 Å². The average Bonchev–Trinajstić information content (AvgIpc) is 2.39. The van der Waals surface area contributed by atoms with Crippen molar-refractivity contribution in [2.24, 2.45) is 5.92 Å². The molecule has 0 aromatic heterocycles. The number of nitrogens with one attached hydrogen (secondary N) is 1. The molecule has 1 rings (SSSR count). The Morgan fingerprint density at radius 1 is 1.35 bits per heavy atom. The minimum absolute atomic E-state index is 0.684. The first-order valence-electron chi connectivity index (χ1n) is 8.07. The summed E-state index contributed by atoms with van der Waals surface area (Å²) in [5.41, 5.74) is -0.781. The minimum atomic E-state index is -0.781. The quantitative estimate of drug-likeness (QED) is 0.719. The van der Waals surface area contributed by atoms with Crippen LogP contribution in [0.1, 0.15) is 59.3 Å². The third-order valence-electron chi connectivity index (χ3n) is 4.84. The van der Waals surface area contributed by atoms with Crippen LogP contribution in [0.2, 0.25) is 0 Å². The highest BCUT2D eigenvalue weighted by molar-refractivity contribution is 5.78. The van der Waals surface area contributed by atoms with E-state index in [4.69, 9.17) is 0 Å². The molecule has 1 aliphatic carbocycles. The fourth-order valence-electron chi connectivity index (χ4n) is 3.21. The summed E-state index contributed by atoms with van der Waals surface area (Å²) < 4.78 is 0. The molecule has 0 bridgehead atoms. The van der Waals surface area contributed by atoms with Crippen molar-refractivity contribution in [2.75, 3.05) is 20.1 Å². The zero-order valence-corrected chi connectivity index (χ0v) is 13.6. The Hall–Kier alpha value is -0.610. The number of hydrogen-bond donors (Lipinski definition) is 2. The van der Waals surface area contributed by atoms with Gasteiger partial charge < -0.3 is 15.3 Å². The lowest BCUT2D eigenvalue weighted by Crippen LogP contribution is -2.49. The molecule has 0 amide bonds. The lowest BCUT2D eigenvalue weighted by molar-refractivity contribution is -0.144. The number of aliphatic carboxylic acids is 1. The molecule has 1 fully saturated rings. The predicted octanol–water partition coefficient (Wildman–Crippen LogP) is 2.73. The second kappa shape index (κ2) is 7.99. The van der Waals surface area contributed by atoms with Gasteiger partial charge in [-0.3, -0.25) is 4.79 Å². The summed E-state index contributed by atoms with van der Waals surface area (Å²) in [6.45, 7) is 7.77. The largest absolute Gasteiger partial charge is 0.480 e. The maximum Gasteiger partial charge on any atom is 0.323 e. The first-order valence-corrected chi connectivity index (χ1v) is 8.07. The third-order valence-corrected chi connectivity index (χ3v) is 4.84. The molecule has 1 saturated carbocycles. The van der Waals surface area contributed by atoms with Crippen molar-refractivity contribution in [3.8, 4) is 0 Å². The highest BCUT2D eigenvalue weighted by atomic mass is 16.4. The van der Waals surface area contributed by atoms with Crippen molar-refractivity contribution in [1.29, 1.82) is 0 Å². The van der Waals surface area contributed by atoms with Crippen LogP contribution in [0.25, 0.3) is 0 Å². The Labute approximate surface area is 123 Å². The zero-order chi connectivity index (χ0) is 15.2. The summed E-state index contributed by atoms with van der Waals surface area (Å²) in [5, 5.41) is 12.4. The van der Waals surface area contributed by atoms with Crippen LogP contribution in [0.3, 0.4) is 0 Å². The van der Waals surface area contributed by atoms with Crippen LogP contribution in [0.5, 0.6) is 0 Å². The summed E-state index contributed by atoms with van der Waals surface area (Å²) in [6.07, 6.45) is 6.86. The number of rotatable bonds is 8. The van der Waals surface area contributed by atoms with Crippen LogP contribution < -0.4 is 5.32 Å². The van der Waals surface area contributed by atoms with Gasteiger partial charge in [-0.15, -0.1) is 0 Å². The number of likely N-dealkylation sites (N-methyl/N-ethyl adjacent to an activating group) is 1. The van der Waals surface area contributed by atoms with Crippen molar-refractivity contribution in [3.63, 3.8) is 0 Å². The Morgan fingerprint density at radius 3 is 2.45 bits per heavy atom. The maximum absolute atomic E-state index is 11.3. The molecule has 0 aromatic carbocycles. The number of carboxylic acids is 1. The van der Waals surface area contributed by atoms with Gasteiger partial charge in [-0.1, -0.05) is 13.8 Å². The number of carbonyl (C=O) groups is 1. The van der Waals surface area contributed by atoms with E-state index >= 15 is 0 Å². The topological polar surface area (TPSA) is 52.6 Å². The van der Waals surface area contributed by atoms with Gasteiger partial charge in [0.1, 0.15) is 5.54 Å². The lowest BCUT2D eigenvalue weighted by Gasteiger charge is -2.34. The number of nitrogens with zero attached hydrogens (tertiary/aromatic N) is 1. The number of carboxylic acid groups (broad SMARTS) is 1. The van der Waals surface area contributed by atoms with Gasteiger partial charge in [-0.05, 0) is 71.5 Å². The molecule has 4 nitrogen and oxygen atoms in total. The molecule has 0 radical (unpaired) electrons. The summed E-state index contributed by atoms with van der Waals surface area (Å²) in [6, 6.07) is 0.696. The first-order chi connectivity index (χ1) is 9.39. The van der Waals surface area contributed by atoms with Crippen LogP contribution in [-0.2, 0) is 4.79 Å². The van der Waals surface area contributed by atoms with Gasteiger partial charge in [0.05, 0.1) is 0 Å². The van der Waals surface area contributed by atoms with Gasteiger partial charge in [0.15, 0.2) is 0 Å². The zero-order valence-electron chi connectivity index (χ0n) is 13.6. The second-order valence-corrected chi connectivity index (χ2v) is 6.67. The van der Waals surface area contributed by atoms with E-state index in [1.165, 1.54) is 25.7 Å². The molecule has 0 aromatic rings. The van der Waals surface area contributed by atoms with Crippen LogP contribution in [-0.4, -0.2) is 47.7 Å². The van der Waals surface area contributed by atoms with E-state index in [1.54, 1.807) is 6.92 Å². The van der Waals surface area contributed by atoms with Crippen molar-refractivity contribution < 1.29 is 9.90 Å². The smallest absolute Gasteiger partial charge is 0.323 e. The maximum atomic E-state index is 11.3. The van der Waals surface area contributed by atoms with Gasteiger partial charge in [0, 0.05) is 6.04 Å². The SMILES string of the molecule is CCNC(C)(CCCN(C)C1CCC(C)CC1)C(=O)O. The van der Waals surface area contributed by atoms with E-state index in [0.29, 0.717) is 19.0 Å². The van der Waals surface area contributed by atoms with Crippen molar-refractivity contribution in [2.45, 2.75) is 70.9 Å². The molecule has 0 heterocycles. The normalized spacial score (nSPS) is 26.4. The molecule has 4 heteroatoms. The Balaban J connectivity index is 2.33. The molecule has 0 saturated heterocycles. The van der Waals surface area contributed by atoms with E-state index in [9.17, 15) is 9.90 Å². The van der Waals surface area contributed by atoms with Crippen molar-refractivity contribution >= 4 is 5.97 Å². The molecule has 1 aliphatic rings. The van der Waals surface area contributed by atoms with Crippen molar-refractivity contribution in [3.05, 3.63) is 0 Å². The third kappa shape index (κ3) is 5.06. The Bertz CT molecular complexity index is 301. The lowest BCUT2D eigenvalue weighted by atomic mass is 9.86. The van der Waals surface area contributed by atoms with Crippen molar-refractivity contribution in [1.82, 2.24) is 10.2 Å². The van der Waals surface area contributed by atoms with E-state index in [1.807, 2.05) is 6.92 Å². The number of hydrogen-bond acceptors (Lipinski definition) is 3. The summed E-state index contributed by atoms with van der Waals surface area (Å²) in [7, 11) is 2.19. The molecule has 2 N–H and O–H groups in total. The molecule has 0 aliphatic heterocycles. The molecule has 118 valence electrons. The first kappa shape index (κ1) is 17.4. The van der Waals surface area contributed by atoms with Gasteiger partial charge >= 0.3 is 5.97 Å². The van der Waals surface area contributed by atoms with E-state index in [0.717, 1.165) is 18.9 Å². The molecule has 20 heavy (non-hydrogen) atoms. The molecular formula is C16H32N2O2. The summed E-state index contributed by atoms with van der Waals surface area (Å²) in [5.74, 6) is 0.136. The van der Waals surface area contributed by atoms with E-state index < -0.39 is 11.5 Å². The second-order valence-electron chi connectivity index (χ2n) is 6.67. The highest BCUT2D eigenvalue weighted by Crippen LogP contribution is 2.26. The monoisotopic (exact) mass is 284 g/mol. The van der Waals surface area contributed by atoms with E-state index in [2.05, 4.69) is 24.2 Å². The highest BCUT2D eigenvalue weighted by Gasteiger charge is 2.31. The van der Waals surface area contributed by atoms with Crippen LogP contribution in [0.4, 0.5) is 0 Å². The van der Waals surface area contributed by atoms with Gasteiger partial charge in [-0.25, -0.2) is 0 Å². The molecule has 0 spiro atoms. The minimum Gasteiger partial charge on any atom is -0.480 e. The molecule has 1 atom stereocenters. The average molecular weight is 284 g/mol. The predicted molar refractivity (Wildman–Crippen MR) is 83.0 cm³/mol. The molecular weight excluding hydrogens is 252 g/mol. The van der Waals surface area contributed by atoms with E-state index in [-0.39, 0.29) is 0 Å². The van der Waals surface area contributed by atoms with Gasteiger partial charge in [0.25, 0.3) is 0 Å². The molecule has 1 unspecified atom stereocenters. The summed E-state index contributed by atoms with van der Waals surface area (Å²) in [4.78, 5) is 13.8. The van der Waals surface area contributed by atoms with Crippen LogP contribution in [0.15, 0.2) is 0 Å². The standard InChI is InChI=1S/C16H32N2O2/c1-5-17-16(3,15(19)20)11-6-12-18(4)14-9-7-13(2)8-10-14/h13-14,17H,5-12H2,1-4H3,(H,19,20). The Kier molecular flexibility index (Phi) is 6.96. The van der Waals surface area contributed by atoms with Gasteiger partial charge in [0.2, 0.25) is 0 Å². The Morgan fingerprint density at radius 2 is 1.95 bits per heavy atom. The van der Waals surface area contributed by atoms with Crippen LogP contribution >= 0.6 is 0 Å². The fraction of sp³-hybridized carbons (Fsp3) is 0.938. The summed E-state index contributed by atoms with van der Waals surface area (Å²) >= 11 is 0. The fourth-order valence-corrected chi connectivity index (χ4v) is 3.21. The van der Waals surface area contributed by atoms with Crippen LogP contribution in [0, 0.1) is 5.92 Å².